The molecule has 0 radical (unpaired) electrons. The van der Waals surface area contributed by atoms with Crippen molar-refractivity contribution in [1.82, 2.24) is 10.9 Å². The first-order valence-corrected chi connectivity index (χ1v) is 6.67. The van der Waals surface area contributed by atoms with Crippen molar-refractivity contribution in [2.75, 3.05) is 7.11 Å². The largest absolute Gasteiger partial charge is 0.496 e. The molecule has 2 rings (SSSR count). The third kappa shape index (κ3) is 4.21. The molecule has 2 aromatic carbocycles. The van der Waals surface area contributed by atoms with Crippen LogP contribution < -0.4 is 15.6 Å². The fourth-order valence-corrected chi connectivity index (χ4v) is 1.79. The second-order valence-electron chi connectivity index (χ2n) is 4.38. The van der Waals surface area contributed by atoms with Gasteiger partial charge in [0.1, 0.15) is 5.75 Å². The Kier molecular flexibility index (Phi) is 5.31. The molecule has 2 N–H and O–H groups in total. The summed E-state index contributed by atoms with van der Waals surface area (Å²) in [6.45, 7) is 0. The van der Waals surface area contributed by atoms with Crippen LogP contribution in [0, 0.1) is 0 Å². The van der Waals surface area contributed by atoms with Crippen LogP contribution in [-0.2, 0) is 4.79 Å². The van der Waals surface area contributed by atoms with Crippen LogP contribution in [0.2, 0.25) is 0 Å². The summed E-state index contributed by atoms with van der Waals surface area (Å²) in [7, 11) is 1.56. The molecule has 0 aromatic heterocycles. The van der Waals surface area contributed by atoms with Crippen LogP contribution in [0.5, 0.6) is 5.75 Å². The Balaban J connectivity index is 1.90. The lowest BCUT2D eigenvalue weighted by atomic mass is 10.2. The van der Waals surface area contributed by atoms with E-state index >= 15 is 0 Å². The van der Waals surface area contributed by atoms with E-state index in [1.165, 1.54) is 6.08 Å². The molecule has 0 heterocycles. The highest BCUT2D eigenvalue weighted by Gasteiger charge is 2.04. The summed E-state index contributed by atoms with van der Waals surface area (Å²) in [6.07, 6.45) is 2.94. The van der Waals surface area contributed by atoms with Gasteiger partial charge in [0.25, 0.3) is 11.8 Å². The third-order valence-corrected chi connectivity index (χ3v) is 2.89. The molecule has 0 saturated carbocycles. The fourth-order valence-electron chi connectivity index (χ4n) is 1.79. The van der Waals surface area contributed by atoms with Gasteiger partial charge < -0.3 is 4.74 Å². The molecule has 0 spiro atoms. The second kappa shape index (κ2) is 7.64. The summed E-state index contributed by atoms with van der Waals surface area (Å²) < 4.78 is 5.18. The number of carbonyl (C=O) groups excluding carboxylic acids is 2. The average Bonchev–Trinajstić information content (AvgIpc) is 2.58. The predicted octanol–water partition coefficient (Wildman–Crippen LogP) is 2.17. The van der Waals surface area contributed by atoms with Crippen molar-refractivity contribution in [3.8, 4) is 5.75 Å². The van der Waals surface area contributed by atoms with E-state index in [1.54, 1.807) is 43.5 Å². The Bertz CT molecular complexity index is 681. The highest BCUT2D eigenvalue weighted by atomic mass is 16.5. The van der Waals surface area contributed by atoms with Crippen molar-refractivity contribution < 1.29 is 14.3 Å². The number of nitrogens with one attached hydrogen (secondary N) is 2. The smallest absolute Gasteiger partial charge is 0.269 e. The Morgan fingerprint density at radius 1 is 0.955 bits per heavy atom. The number of hydrogen-bond donors (Lipinski definition) is 2. The minimum Gasteiger partial charge on any atom is -0.496 e. The van der Waals surface area contributed by atoms with Gasteiger partial charge in [0, 0.05) is 17.2 Å². The minimum absolute atomic E-state index is 0.375. The number of hydrogen-bond acceptors (Lipinski definition) is 3. The van der Waals surface area contributed by atoms with Gasteiger partial charge >= 0.3 is 0 Å². The molecule has 5 nitrogen and oxygen atoms in total. The van der Waals surface area contributed by atoms with E-state index in [0.29, 0.717) is 11.3 Å². The Morgan fingerprint density at radius 2 is 1.64 bits per heavy atom. The second-order valence-corrected chi connectivity index (χ2v) is 4.38. The zero-order valence-corrected chi connectivity index (χ0v) is 12.1. The van der Waals surface area contributed by atoms with Crippen LogP contribution in [0.15, 0.2) is 60.7 Å². The molecule has 0 fully saturated rings. The zero-order chi connectivity index (χ0) is 15.8. The minimum atomic E-state index is -0.435. The van der Waals surface area contributed by atoms with Crippen LogP contribution in [0.1, 0.15) is 15.9 Å². The van der Waals surface area contributed by atoms with E-state index in [2.05, 4.69) is 10.9 Å². The number of benzene rings is 2. The summed E-state index contributed by atoms with van der Waals surface area (Å²) in [5.41, 5.74) is 5.91. The number of ether oxygens (including phenoxy) is 1. The van der Waals surface area contributed by atoms with Gasteiger partial charge in [-0.05, 0) is 24.3 Å². The van der Waals surface area contributed by atoms with Crippen molar-refractivity contribution in [2.24, 2.45) is 0 Å². The van der Waals surface area contributed by atoms with Gasteiger partial charge in [-0.15, -0.1) is 0 Å². The van der Waals surface area contributed by atoms with Crippen LogP contribution in [-0.4, -0.2) is 18.9 Å². The quantitative estimate of drug-likeness (QED) is 0.671. The molecule has 2 amide bonds. The Hall–Kier alpha value is -3.08. The number of hydrazine groups is 1. The molecule has 0 aliphatic rings. The van der Waals surface area contributed by atoms with E-state index in [0.717, 1.165) is 5.56 Å². The highest BCUT2D eigenvalue weighted by molar-refractivity contribution is 5.97. The van der Waals surface area contributed by atoms with E-state index in [-0.39, 0.29) is 5.91 Å². The summed E-state index contributed by atoms with van der Waals surface area (Å²) in [4.78, 5) is 23.5. The molecule has 0 bridgehead atoms. The first-order valence-electron chi connectivity index (χ1n) is 6.67. The van der Waals surface area contributed by atoms with Gasteiger partial charge in [0.2, 0.25) is 0 Å². The lowest BCUT2D eigenvalue weighted by Crippen LogP contribution is -2.40. The van der Waals surface area contributed by atoms with Crippen LogP contribution in [0.3, 0.4) is 0 Å². The molecule has 0 aliphatic carbocycles. The van der Waals surface area contributed by atoms with E-state index in [4.69, 9.17) is 4.74 Å². The molecular weight excluding hydrogens is 280 g/mol. The van der Waals surface area contributed by atoms with E-state index in [1.807, 2.05) is 24.3 Å². The number of carbonyl (C=O) groups is 2. The Labute approximate surface area is 128 Å². The molecule has 0 saturated heterocycles. The van der Waals surface area contributed by atoms with Gasteiger partial charge in [-0.1, -0.05) is 36.4 Å². The normalized spacial score (nSPS) is 10.2. The standard InChI is InChI=1S/C17H16N2O3/c1-22-15-10-6-5-7-13(15)11-12-16(20)18-19-17(21)14-8-3-2-4-9-14/h2-12H,1H3,(H,18,20)(H,19,21)/b12-11+. The lowest BCUT2D eigenvalue weighted by Gasteiger charge is -2.05. The van der Waals surface area contributed by atoms with Gasteiger partial charge in [0.05, 0.1) is 7.11 Å². The van der Waals surface area contributed by atoms with Crippen molar-refractivity contribution in [3.63, 3.8) is 0 Å². The first kappa shape index (κ1) is 15.3. The van der Waals surface area contributed by atoms with Crippen LogP contribution in [0.4, 0.5) is 0 Å². The van der Waals surface area contributed by atoms with Crippen molar-refractivity contribution in [1.29, 1.82) is 0 Å². The number of amides is 2. The van der Waals surface area contributed by atoms with Crippen molar-refractivity contribution in [3.05, 3.63) is 71.8 Å². The maximum atomic E-state index is 11.8. The van der Waals surface area contributed by atoms with Crippen molar-refractivity contribution >= 4 is 17.9 Å². The number of methoxy groups -OCH3 is 1. The maximum Gasteiger partial charge on any atom is 0.269 e. The monoisotopic (exact) mass is 296 g/mol. The van der Waals surface area contributed by atoms with Crippen LogP contribution in [0.25, 0.3) is 6.08 Å². The molecule has 112 valence electrons. The van der Waals surface area contributed by atoms with Crippen LogP contribution >= 0.6 is 0 Å². The van der Waals surface area contributed by atoms with Gasteiger partial charge in [-0.25, -0.2) is 0 Å². The summed E-state index contributed by atoms with van der Waals surface area (Å²) in [6, 6.07) is 15.9. The highest BCUT2D eigenvalue weighted by Crippen LogP contribution is 2.18. The average molecular weight is 296 g/mol. The maximum absolute atomic E-state index is 11.8. The van der Waals surface area contributed by atoms with Gasteiger partial charge in [-0.2, -0.15) is 0 Å². The van der Waals surface area contributed by atoms with E-state index < -0.39 is 5.91 Å². The SMILES string of the molecule is COc1ccccc1/C=C/C(=O)NNC(=O)c1ccccc1. The predicted molar refractivity (Wildman–Crippen MR) is 84.1 cm³/mol. The van der Waals surface area contributed by atoms with Gasteiger partial charge in [0.15, 0.2) is 0 Å². The third-order valence-electron chi connectivity index (χ3n) is 2.89. The molecule has 0 atom stereocenters. The Morgan fingerprint density at radius 3 is 2.36 bits per heavy atom. The van der Waals surface area contributed by atoms with Gasteiger partial charge in [-0.3, -0.25) is 20.4 Å². The molecule has 0 unspecified atom stereocenters. The fraction of sp³-hybridized carbons (Fsp3) is 0.0588. The summed E-state index contributed by atoms with van der Waals surface area (Å²) in [5.74, 6) is -0.144. The number of para-hydroxylation sites is 1. The summed E-state index contributed by atoms with van der Waals surface area (Å²) >= 11 is 0. The van der Waals surface area contributed by atoms with E-state index in [9.17, 15) is 9.59 Å². The molecule has 0 aliphatic heterocycles. The molecular formula is C17H16N2O3. The molecule has 22 heavy (non-hydrogen) atoms. The lowest BCUT2D eigenvalue weighted by molar-refractivity contribution is -0.117. The molecule has 2 aromatic rings. The number of rotatable bonds is 4. The topological polar surface area (TPSA) is 67.4 Å². The molecule has 5 heteroatoms. The first-order chi connectivity index (χ1) is 10.7. The summed E-state index contributed by atoms with van der Waals surface area (Å²) in [5, 5.41) is 0. The van der Waals surface area contributed by atoms with Crippen molar-refractivity contribution in [2.45, 2.75) is 0 Å². The zero-order valence-electron chi connectivity index (χ0n) is 12.1.